The summed E-state index contributed by atoms with van der Waals surface area (Å²) in [5.41, 5.74) is 0. The van der Waals surface area contributed by atoms with Crippen LogP contribution in [0.4, 0.5) is 0 Å². The number of hydrogen-bond acceptors (Lipinski definition) is 4. The summed E-state index contributed by atoms with van der Waals surface area (Å²) < 4.78 is 21.7. The van der Waals surface area contributed by atoms with Crippen molar-refractivity contribution in [3.8, 4) is 0 Å². The number of quaternary nitrogens is 1. The zero-order chi connectivity index (χ0) is 14.4. The van der Waals surface area contributed by atoms with Crippen LogP contribution in [0, 0.1) is 5.92 Å². The minimum atomic E-state index is -4.05. The van der Waals surface area contributed by atoms with Crippen molar-refractivity contribution in [1.82, 2.24) is 0 Å². The van der Waals surface area contributed by atoms with Crippen LogP contribution >= 0.6 is 7.82 Å². The quantitative estimate of drug-likeness (QED) is 0.492. The average molecular weight is 284 g/mol. The molecule has 2 unspecified atom stereocenters. The molecule has 0 aromatic rings. The molecule has 0 bridgehead atoms. The number of phosphoric ester groups is 1. The largest absolute Gasteiger partial charge is 0.472 e. The van der Waals surface area contributed by atoms with Crippen molar-refractivity contribution in [3.05, 3.63) is 0 Å². The van der Waals surface area contributed by atoms with Gasteiger partial charge in [0.05, 0.1) is 33.9 Å². The van der Waals surface area contributed by atoms with E-state index in [0.717, 1.165) is 0 Å². The number of aliphatic hydroxyl groups excluding tert-OH is 1. The predicted molar refractivity (Wildman–Crippen MR) is 70.1 cm³/mol. The maximum atomic E-state index is 11.5. The molecule has 0 heterocycles. The Morgan fingerprint density at radius 1 is 1.22 bits per heavy atom. The summed E-state index contributed by atoms with van der Waals surface area (Å²) >= 11 is 0. The third-order valence-corrected chi connectivity index (χ3v) is 3.17. The molecular formula is C11H27NO5P+. The highest BCUT2D eigenvalue weighted by molar-refractivity contribution is 7.47. The van der Waals surface area contributed by atoms with E-state index in [1.807, 2.05) is 35.0 Å². The van der Waals surface area contributed by atoms with Crippen molar-refractivity contribution in [2.45, 2.75) is 26.4 Å². The second-order valence-corrected chi connectivity index (χ2v) is 7.35. The van der Waals surface area contributed by atoms with Crippen LogP contribution in [0.15, 0.2) is 0 Å². The highest BCUT2D eigenvalue weighted by Gasteiger charge is 2.24. The summed E-state index contributed by atoms with van der Waals surface area (Å²) in [6.45, 7) is 4.47. The number of nitrogens with zero attached hydrogens (tertiary/aromatic N) is 1. The van der Waals surface area contributed by atoms with Gasteiger partial charge in [0.15, 0.2) is 0 Å². The smallest absolute Gasteiger partial charge is 0.391 e. The molecule has 0 fully saturated rings. The molecule has 0 aliphatic rings. The van der Waals surface area contributed by atoms with Gasteiger partial charge in [-0.1, -0.05) is 13.8 Å². The van der Waals surface area contributed by atoms with Gasteiger partial charge in [-0.25, -0.2) is 4.57 Å². The molecule has 2 atom stereocenters. The van der Waals surface area contributed by atoms with E-state index in [2.05, 4.69) is 0 Å². The van der Waals surface area contributed by atoms with E-state index in [9.17, 15) is 14.6 Å². The maximum Gasteiger partial charge on any atom is 0.472 e. The van der Waals surface area contributed by atoms with Crippen molar-refractivity contribution in [3.63, 3.8) is 0 Å². The molecule has 0 radical (unpaired) electrons. The van der Waals surface area contributed by atoms with E-state index in [1.54, 1.807) is 0 Å². The van der Waals surface area contributed by atoms with Crippen LogP contribution in [0.5, 0.6) is 0 Å². The topological polar surface area (TPSA) is 76.0 Å². The molecular weight excluding hydrogens is 257 g/mol. The molecule has 2 N–H and O–H groups in total. The van der Waals surface area contributed by atoms with E-state index >= 15 is 0 Å². The van der Waals surface area contributed by atoms with E-state index in [4.69, 9.17) is 9.05 Å². The van der Waals surface area contributed by atoms with Gasteiger partial charge in [-0.15, -0.1) is 0 Å². The maximum absolute atomic E-state index is 11.5. The molecule has 0 aliphatic heterocycles. The van der Waals surface area contributed by atoms with Gasteiger partial charge >= 0.3 is 7.82 Å². The van der Waals surface area contributed by atoms with Gasteiger partial charge in [0, 0.05) is 0 Å². The first-order chi connectivity index (χ1) is 8.02. The lowest BCUT2D eigenvalue weighted by Crippen LogP contribution is -2.37. The fourth-order valence-electron chi connectivity index (χ4n) is 1.26. The first-order valence-corrected chi connectivity index (χ1v) is 7.62. The van der Waals surface area contributed by atoms with Crippen LogP contribution in [0.2, 0.25) is 0 Å². The van der Waals surface area contributed by atoms with Crippen molar-refractivity contribution in [2.24, 2.45) is 5.92 Å². The number of aliphatic hydroxyl groups is 1. The van der Waals surface area contributed by atoms with Crippen LogP contribution < -0.4 is 0 Å². The zero-order valence-electron chi connectivity index (χ0n) is 12.0. The van der Waals surface area contributed by atoms with Gasteiger partial charge in [0.25, 0.3) is 0 Å². The van der Waals surface area contributed by atoms with Crippen LogP contribution in [0.1, 0.15) is 20.3 Å². The SMILES string of the molecule is CC(C)CC(O)COP(=O)(O)OCC[N+](C)(C)C. The highest BCUT2D eigenvalue weighted by Crippen LogP contribution is 2.43. The average Bonchev–Trinajstić information content (AvgIpc) is 2.11. The highest BCUT2D eigenvalue weighted by atomic mass is 31.2. The molecule has 110 valence electrons. The third kappa shape index (κ3) is 11.1. The molecule has 6 nitrogen and oxygen atoms in total. The third-order valence-electron chi connectivity index (χ3n) is 2.19. The van der Waals surface area contributed by atoms with Gasteiger partial charge in [0.1, 0.15) is 13.2 Å². The number of hydrogen-bond donors (Lipinski definition) is 2. The Balaban J connectivity index is 3.90. The standard InChI is InChI=1S/C11H26NO5P/c1-10(2)8-11(13)9-17-18(14,15)16-7-6-12(3,4)5/h10-11,13H,6-9H2,1-5H3/p+1. The Hall–Kier alpha value is 0.0300. The van der Waals surface area contributed by atoms with Gasteiger partial charge in [-0.3, -0.25) is 9.05 Å². The zero-order valence-corrected chi connectivity index (χ0v) is 12.9. The van der Waals surface area contributed by atoms with Gasteiger partial charge < -0.3 is 14.5 Å². The molecule has 0 spiro atoms. The summed E-state index contributed by atoms with van der Waals surface area (Å²) in [4.78, 5) is 9.39. The van der Waals surface area contributed by atoms with Gasteiger partial charge in [-0.05, 0) is 12.3 Å². The molecule has 0 aliphatic carbocycles. The van der Waals surface area contributed by atoms with Gasteiger partial charge in [-0.2, -0.15) is 0 Å². The van der Waals surface area contributed by atoms with Crippen LogP contribution in [0.25, 0.3) is 0 Å². The first kappa shape index (κ1) is 18.0. The van der Waals surface area contributed by atoms with E-state index in [-0.39, 0.29) is 13.2 Å². The van der Waals surface area contributed by atoms with Crippen LogP contribution in [-0.4, -0.2) is 61.5 Å². The number of rotatable bonds is 9. The van der Waals surface area contributed by atoms with E-state index in [0.29, 0.717) is 23.4 Å². The van der Waals surface area contributed by atoms with Crippen LogP contribution in [-0.2, 0) is 13.6 Å². The number of phosphoric acid groups is 1. The Labute approximate surface area is 110 Å². The van der Waals surface area contributed by atoms with Crippen molar-refractivity contribution < 1.29 is 28.1 Å². The Morgan fingerprint density at radius 3 is 2.22 bits per heavy atom. The minimum absolute atomic E-state index is 0.136. The van der Waals surface area contributed by atoms with Crippen molar-refractivity contribution in [2.75, 3.05) is 40.9 Å². The molecule has 0 rings (SSSR count). The van der Waals surface area contributed by atoms with Crippen molar-refractivity contribution in [1.29, 1.82) is 0 Å². The molecule has 0 amide bonds. The summed E-state index contributed by atoms with van der Waals surface area (Å²) in [6, 6.07) is 0. The van der Waals surface area contributed by atoms with E-state index < -0.39 is 13.9 Å². The molecule has 0 saturated heterocycles. The second-order valence-electron chi connectivity index (χ2n) is 5.89. The summed E-state index contributed by atoms with van der Waals surface area (Å²) in [5.74, 6) is 0.306. The Morgan fingerprint density at radius 2 is 1.78 bits per heavy atom. The number of likely N-dealkylation sites (N-methyl/N-ethyl adjacent to an activating group) is 1. The van der Waals surface area contributed by atoms with Gasteiger partial charge in [0.2, 0.25) is 0 Å². The molecule has 0 aromatic heterocycles. The fourth-order valence-corrected chi connectivity index (χ4v) is 2.01. The predicted octanol–water partition coefficient (Wildman–Crippen LogP) is 1.23. The first-order valence-electron chi connectivity index (χ1n) is 6.12. The molecule has 18 heavy (non-hydrogen) atoms. The summed E-state index contributed by atoms with van der Waals surface area (Å²) in [7, 11) is 1.83. The second kappa shape index (κ2) is 7.58. The van der Waals surface area contributed by atoms with Crippen molar-refractivity contribution >= 4 is 7.82 Å². The molecule has 0 saturated carbocycles. The monoisotopic (exact) mass is 284 g/mol. The van der Waals surface area contributed by atoms with E-state index in [1.165, 1.54) is 0 Å². The summed E-state index contributed by atoms with van der Waals surface area (Å²) in [5, 5.41) is 9.52. The molecule has 7 heteroatoms. The fraction of sp³-hybridized carbons (Fsp3) is 1.00. The lowest BCUT2D eigenvalue weighted by molar-refractivity contribution is -0.870. The lowest BCUT2D eigenvalue weighted by atomic mass is 10.1. The Bertz CT molecular complexity index is 277. The summed E-state index contributed by atoms with van der Waals surface area (Å²) in [6.07, 6.45) is -0.216. The molecule has 0 aromatic carbocycles. The van der Waals surface area contributed by atoms with Crippen LogP contribution in [0.3, 0.4) is 0 Å². The Kier molecular flexibility index (Phi) is 7.59. The lowest BCUT2D eigenvalue weighted by Gasteiger charge is -2.24. The normalized spacial score (nSPS) is 17.8. The minimum Gasteiger partial charge on any atom is -0.391 e.